The van der Waals surface area contributed by atoms with E-state index in [0.29, 0.717) is 5.56 Å². The van der Waals surface area contributed by atoms with Gasteiger partial charge in [0.2, 0.25) is 0 Å². The largest absolute Gasteiger partial charge is 0.356 e. The Bertz CT molecular complexity index is 1340. The van der Waals surface area contributed by atoms with Crippen LogP contribution in [-0.4, -0.2) is 33.9 Å². The lowest BCUT2D eigenvalue weighted by Crippen LogP contribution is -2.40. The Kier molecular flexibility index (Phi) is 5.08. The fraction of sp³-hybridized carbons (Fsp3) is 0.240. The van der Waals surface area contributed by atoms with Crippen LogP contribution < -0.4 is 10.6 Å². The second kappa shape index (κ2) is 8.06. The molecule has 1 aliphatic rings. The van der Waals surface area contributed by atoms with Gasteiger partial charge >= 0.3 is 0 Å². The number of hydrogen-bond donors (Lipinski definition) is 1. The lowest BCUT2D eigenvalue weighted by molar-refractivity contribution is 0.499. The Morgan fingerprint density at radius 2 is 1.81 bits per heavy atom. The van der Waals surface area contributed by atoms with E-state index in [1.165, 1.54) is 12.1 Å². The third-order valence-electron chi connectivity index (χ3n) is 6.09. The molecule has 0 atom stereocenters. The standard InChI is InChI=1S/C25H23FN6/c1-31-15-19-5-3-17(11-24(19)30-31)22-14-29-25(32-8-6-20(28)7-9-32)12-21(22)16-2-4-18(13-27)23(26)10-16/h2-5,10-12,14-15,20H,6-9,28H2,1H3. The number of aryl methyl sites for hydroxylation is 1. The Morgan fingerprint density at radius 3 is 2.56 bits per heavy atom. The van der Waals surface area contributed by atoms with Gasteiger partial charge in [-0.25, -0.2) is 9.37 Å². The molecular formula is C25H23FN6. The number of fused-ring (bicyclic) bond motifs is 1. The summed E-state index contributed by atoms with van der Waals surface area (Å²) >= 11 is 0. The summed E-state index contributed by atoms with van der Waals surface area (Å²) in [6, 6.07) is 14.9. The summed E-state index contributed by atoms with van der Waals surface area (Å²) in [4.78, 5) is 6.97. The van der Waals surface area contributed by atoms with E-state index >= 15 is 0 Å². The zero-order valence-corrected chi connectivity index (χ0v) is 17.8. The van der Waals surface area contributed by atoms with E-state index in [0.717, 1.165) is 59.3 Å². The SMILES string of the molecule is Cn1cc2ccc(-c3cnc(N4CCC(N)CC4)cc3-c3ccc(C#N)c(F)c3)cc2n1. The summed E-state index contributed by atoms with van der Waals surface area (Å²) in [5.41, 5.74) is 10.4. The van der Waals surface area contributed by atoms with Crippen LogP contribution >= 0.6 is 0 Å². The van der Waals surface area contributed by atoms with Gasteiger partial charge in [-0.15, -0.1) is 0 Å². The topological polar surface area (TPSA) is 83.8 Å². The lowest BCUT2D eigenvalue weighted by atomic mass is 9.94. The molecule has 2 N–H and O–H groups in total. The molecule has 4 aromatic rings. The molecule has 1 aliphatic heterocycles. The van der Waals surface area contributed by atoms with Crippen LogP contribution in [0.25, 0.3) is 33.2 Å². The number of rotatable bonds is 3. The first-order valence-corrected chi connectivity index (χ1v) is 10.7. The van der Waals surface area contributed by atoms with E-state index in [9.17, 15) is 4.39 Å². The number of nitriles is 1. The number of aromatic nitrogens is 3. The number of pyridine rings is 1. The summed E-state index contributed by atoms with van der Waals surface area (Å²) < 4.78 is 16.3. The van der Waals surface area contributed by atoms with E-state index in [1.807, 2.05) is 49.8 Å². The molecule has 0 saturated carbocycles. The van der Waals surface area contributed by atoms with Crippen molar-refractivity contribution in [2.45, 2.75) is 18.9 Å². The van der Waals surface area contributed by atoms with Crippen LogP contribution in [0.4, 0.5) is 10.2 Å². The maximum Gasteiger partial charge on any atom is 0.141 e. The van der Waals surface area contributed by atoms with Crippen LogP contribution in [0.2, 0.25) is 0 Å². The minimum absolute atomic E-state index is 0.0319. The van der Waals surface area contributed by atoms with Crippen LogP contribution in [0.1, 0.15) is 18.4 Å². The van der Waals surface area contributed by atoms with E-state index in [4.69, 9.17) is 16.0 Å². The second-order valence-corrected chi connectivity index (χ2v) is 8.30. The molecule has 1 fully saturated rings. The first-order chi connectivity index (χ1) is 15.5. The highest BCUT2D eigenvalue weighted by molar-refractivity contribution is 5.90. The van der Waals surface area contributed by atoms with Gasteiger partial charge in [0, 0.05) is 49.5 Å². The van der Waals surface area contributed by atoms with Crippen molar-refractivity contribution in [1.82, 2.24) is 14.8 Å². The summed E-state index contributed by atoms with van der Waals surface area (Å²) in [7, 11) is 1.89. The van der Waals surface area contributed by atoms with E-state index in [-0.39, 0.29) is 11.6 Å². The molecule has 0 aliphatic carbocycles. The molecule has 2 aromatic heterocycles. The smallest absolute Gasteiger partial charge is 0.141 e. The van der Waals surface area contributed by atoms with E-state index in [1.54, 1.807) is 10.7 Å². The molecule has 0 amide bonds. The van der Waals surface area contributed by atoms with Crippen molar-refractivity contribution in [3.63, 3.8) is 0 Å². The molecule has 6 nitrogen and oxygen atoms in total. The van der Waals surface area contributed by atoms with E-state index < -0.39 is 5.82 Å². The third kappa shape index (κ3) is 3.70. The number of nitrogens with two attached hydrogens (primary N) is 1. The van der Waals surface area contributed by atoms with Crippen molar-refractivity contribution in [3.8, 4) is 28.3 Å². The number of hydrogen-bond acceptors (Lipinski definition) is 5. The molecular weight excluding hydrogens is 403 g/mol. The van der Waals surface area contributed by atoms with E-state index in [2.05, 4.69) is 10.00 Å². The molecule has 5 rings (SSSR count). The van der Waals surface area contributed by atoms with Gasteiger partial charge in [-0.1, -0.05) is 18.2 Å². The fourth-order valence-electron chi connectivity index (χ4n) is 4.30. The van der Waals surface area contributed by atoms with Crippen LogP contribution in [0, 0.1) is 17.1 Å². The van der Waals surface area contributed by atoms with Crippen molar-refractivity contribution in [2.24, 2.45) is 12.8 Å². The molecule has 3 heterocycles. The highest BCUT2D eigenvalue weighted by Gasteiger charge is 2.20. The number of anilines is 1. The highest BCUT2D eigenvalue weighted by atomic mass is 19.1. The number of piperidine rings is 1. The molecule has 32 heavy (non-hydrogen) atoms. The maximum absolute atomic E-state index is 14.5. The summed E-state index contributed by atoms with van der Waals surface area (Å²) in [6.07, 6.45) is 5.65. The molecule has 0 spiro atoms. The van der Waals surface area contributed by atoms with Crippen LogP contribution in [0.3, 0.4) is 0 Å². The third-order valence-corrected chi connectivity index (χ3v) is 6.09. The Balaban J connectivity index is 1.64. The van der Waals surface area contributed by atoms with Crippen molar-refractivity contribution in [1.29, 1.82) is 5.26 Å². The fourth-order valence-corrected chi connectivity index (χ4v) is 4.30. The van der Waals surface area contributed by atoms with Crippen molar-refractivity contribution in [2.75, 3.05) is 18.0 Å². The average Bonchev–Trinajstić information content (AvgIpc) is 3.18. The second-order valence-electron chi connectivity index (χ2n) is 8.30. The van der Waals surface area contributed by atoms with Gasteiger partial charge in [-0.05, 0) is 53.8 Å². The Morgan fingerprint density at radius 1 is 1.06 bits per heavy atom. The minimum Gasteiger partial charge on any atom is -0.356 e. The van der Waals surface area contributed by atoms with Crippen LogP contribution in [-0.2, 0) is 7.05 Å². The molecule has 0 bridgehead atoms. The van der Waals surface area contributed by atoms with Crippen molar-refractivity contribution < 1.29 is 4.39 Å². The van der Waals surface area contributed by atoms with Gasteiger partial charge < -0.3 is 10.6 Å². The number of nitrogens with zero attached hydrogens (tertiary/aromatic N) is 5. The first-order valence-electron chi connectivity index (χ1n) is 10.7. The molecule has 0 unspecified atom stereocenters. The van der Waals surface area contributed by atoms with Gasteiger partial charge in [0.1, 0.15) is 17.7 Å². The molecule has 160 valence electrons. The maximum atomic E-state index is 14.5. The molecule has 1 saturated heterocycles. The Hall–Kier alpha value is -3.76. The summed E-state index contributed by atoms with van der Waals surface area (Å²) in [5, 5.41) is 14.7. The van der Waals surface area contributed by atoms with Gasteiger partial charge in [0.05, 0.1) is 11.1 Å². The predicted octanol–water partition coefficient (Wildman–Crippen LogP) is 4.24. The summed E-state index contributed by atoms with van der Waals surface area (Å²) in [5.74, 6) is 0.317. The molecule has 2 aromatic carbocycles. The quantitative estimate of drug-likeness (QED) is 0.530. The van der Waals surface area contributed by atoms with Gasteiger partial charge in [0.15, 0.2) is 0 Å². The first kappa shape index (κ1) is 20.2. The number of halogens is 1. The number of benzene rings is 2. The zero-order chi connectivity index (χ0) is 22.2. The van der Waals surface area contributed by atoms with Crippen molar-refractivity contribution >= 4 is 16.7 Å². The molecule has 7 heteroatoms. The van der Waals surface area contributed by atoms with Crippen LogP contribution in [0.5, 0.6) is 0 Å². The predicted molar refractivity (Wildman–Crippen MR) is 123 cm³/mol. The molecule has 0 radical (unpaired) electrons. The zero-order valence-electron chi connectivity index (χ0n) is 17.8. The normalized spacial score (nSPS) is 14.6. The van der Waals surface area contributed by atoms with Crippen LogP contribution in [0.15, 0.2) is 54.9 Å². The monoisotopic (exact) mass is 426 g/mol. The van der Waals surface area contributed by atoms with Crippen molar-refractivity contribution in [3.05, 3.63) is 66.2 Å². The van der Waals surface area contributed by atoms with Gasteiger partial charge in [-0.3, -0.25) is 4.68 Å². The summed E-state index contributed by atoms with van der Waals surface area (Å²) in [6.45, 7) is 1.68. The lowest BCUT2D eigenvalue weighted by Gasteiger charge is -2.31. The van der Waals surface area contributed by atoms with Gasteiger partial charge in [-0.2, -0.15) is 10.4 Å². The average molecular weight is 426 g/mol. The minimum atomic E-state index is -0.529. The highest BCUT2D eigenvalue weighted by Crippen LogP contribution is 2.36. The Labute approximate surface area is 185 Å². The van der Waals surface area contributed by atoms with Gasteiger partial charge in [0.25, 0.3) is 0 Å².